The van der Waals surface area contributed by atoms with Gasteiger partial charge >= 0.3 is 5.97 Å². The van der Waals surface area contributed by atoms with Gasteiger partial charge in [0.25, 0.3) is 11.7 Å². The molecule has 0 aromatic rings. The first-order chi connectivity index (χ1) is 31.0. The third kappa shape index (κ3) is 13.7. The third-order valence-electron chi connectivity index (χ3n) is 15.5. The number of carbonyl (C=O) groups excluding carboxylic acids is 4. The zero-order valence-corrected chi connectivity index (χ0v) is 43.9. The Morgan fingerprint density at radius 3 is 2.17 bits per heavy atom. The summed E-state index contributed by atoms with van der Waals surface area (Å²) in [7, 11) is 2.23. The molecule has 3 fully saturated rings. The average Bonchev–Trinajstić information content (AvgIpc) is 3.27. The van der Waals surface area contributed by atoms with Gasteiger partial charge in [0.15, 0.2) is 8.32 Å². The monoisotopic (exact) mass is 950 g/mol. The summed E-state index contributed by atoms with van der Waals surface area (Å²) in [5, 5.41) is 21.4. The highest BCUT2D eigenvalue weighted by Crippen LogP contribution is 2.42. The van der Waals surface area contributed by atoms with Crippen molar-refractivity contribution in [1.82, 2.24) is 4.90 Å². The normalized spacial score (nSPS) is 37.6. The first-order valence-electron chi connectivity index (χ1n) is 24.8. The van der Waals surface area contributed by atoms with Crippen LogP contribution in [-0.4, -0.2) is 143 Å². The van der Waals surface area contributed by atoms with Crippen LogP contribution >= 0.6 is 0 Å². The number of aliphatic hydroxyl groups excluding tert-OH is 1. The maximum atomic E-state index is 14.9. The van der Waals surface area contributed by atoms with Gasteiger partial charge in [0, 0.05) is 52.0 Å². The zero-order chi connectivity index (χ0) is 49.3. The lowest BCUT2D eigenvalue weighted by Crippen LogP contribution is -2.64. The molecule has 0 radical (unpaired) electrons. The molecule has 1 amide bonds. The molecule has 1 saturated carbocycles. The molecule has 14 nitrogen and oxygen atoms in total. The Bertz CT molecular complexity index is 1690. The van der Waals surface area contributed by atoms with E-state index >= 15 is 0 Å². The van der Waals surface area contributed by atoms with Crippen LogP contribution in [0.3, 0.4) is 0 Å². The van der Waals surface area contributed by atoms with Crippen molar-refractivity contribution in [3.05, 3.63) is 23.3 Å². The van der Waals surface area contributed by atoms with Crippen LogP contribution in [0.15, 0.2) is 23.3 Å². The largest absolute Gasteiger partial charge is 0.456 e. The topological polar surface area (TPSA) is 177 Å². The van der Waals surface area contributed by atoms with Crippen molar-refractivity contribution < 1.29 is 62.2 Å². The van der Waals surface area contributed by atoms with Gasteiger partial charge in [0.2, 0.25) is 5.79 Å². The summed E-state index contributed by atoms with van der Waals surface area (Å²) in [6.07, 6.45) is 5.96. The predicted octanol–water partition coefficient (Wildman–Crippen LogP) is 7.52. The SMILES string of the molecule is CCC1/C=C(\C)CC(C)CC(OC)C2OC(O)(C(=O)C(=O)N3CCCCC3C(=O)OC(C(C)=CC3CCC(OCCO)C(OC)C3)C(C)C(O[Si](C)(C)C(C)(C)C)CC1=O)C(C)CC2OC. The number of allylic oxidation sites excluding steroid dienone is 3. The second kappa shape index (κ2) is 24.5. The van der Waals surface area contributed by atoms with Crippen LogP contribution in [0.5, 0.6) is 0 Å². The third-order valence-corrected chi connectivity index (χ3v) is 20.0. The number of Topliss-reactive ketones (excluding diaryl/α,β-unsaturated/α-hetero) is 2. The highest BCUT2D eigenvalue weighted by molar-refractivity contribution is 6.74. The van der Waals surface area contributed by atoms with Gasteiger partial charge in [-0.05, 0) is 114 Å². The molecule has 378 valence electrons. The minimum absolute atomic E-state index is 0.0450. The van der Waals surface area contributed by atoms with E-state index in [1.165, 1.54) is 4.90 Å². The number of nitrogens with zero attached hydrogens (tertiary/aromatic N) is 1. The highest BCUT2D eigenvalue weighted by Gasteiger charge is 2.57. The van der Waals surface area contributed by atoms with Gasteiger partial charge in [-0.1, -0.05) is 66.2 Å². The molecule has 2 saturated heterocycles. The number of fused-ring (bicyclic) bond motifs is 3. The molecule has 0 spiro atoms. The number of rotatable bonds is 11. The fourth-order valence-electron chi connectivity index (χ4n) is 10.5. The lowest BCUT2D eigenvalue weighted by Gasteiger charge is -2.47. The number of piperidine rings is 1. The molecule has 14 unspecified atom stereocenters. The van der Waals surface area contributed by atoms with Crippen LogP contribution in [0.1, 0.15) is 133 Å². The van der Waals surface area contributed by atoms with Crippen LogP contribution in [0.2, 0.25) is 18.1 Å². The number of hydrogen-bond acceptors (Lipinski definition) is 13. The minimum atomic E-state index is -2.53. The lowest BCUT2D eigenvalue weighted by molar-refractivity contribution is -0.302. The minimum Gasteiger partial charge on any atom is -0.456 e. The molecular weight excluding hydrogens is 863 g/mol. The van der Waals surface area contributed by atoms with Crippen LogP contribution in [0, 0.1) is 29.6 Å². The molecule has 3 aliphatic heterocycles. The molecule has 4 aliphatic rings. The van der Waals surface area contributed by atoms with E-state index in [4.69, 9.17) is 32.8 Å². The molecule has 0 aromatic heterocycles. The standard InChI is InChI=1S/C51H87NO13Si/c1-15-37-25-31(2)24-32(3)26-43(60-11)46-44(61-12)28-34(5)51(58,64-46)47(55)48(56)52-21-17-16-18-38(52)49(57)63-45(35(6)41(30-39(37)54)65-66(13,14)50(7,8)9)33(4)27-36-19-20-40(62-23-22-53)42(29-36)59-10/h25,27,32,34-38,40-46,53,58H,15-24,26,28-30H2,1-14H3/b31-25+,33-27?. The van der Waals surface area contributed by atoms with Crippen molar-refractivity contribution in [2.24, 2.45) is 29.6 Å². The van der Waals surface area contributed by atoms with Crippen LogP contribution < -0.4 is 0 Å². The van der Waals surface area contributed by atoms with Gasteiger partial charge in [0.1, 0.15) is 24.0 Å². The second-order valence-electron chi connectivity index (χ2n) is 21.6. The number of esters is 1. The number of amides is 1. The van der Waals surface area contributed by atoms with Crippen LogP contribution in [0.4, 0.5) is 0 Å². The quantitative estimate of drug-likeness (QED) is 0.0901. The highest BCUT2D eigenvalue weighted by atomic mass is 28.4. The van der Waals surface area contributed by atoms with E-state index in [9.17, 15) is 29.4 Å². The first-order valence-corrected chi connectivity index (χ1v) is 27.7. The number of cyclic esters (lactones) is 1. The summed E-state index contributed by atoms with van der Waals surface area (Å²) in [6.45, 7) is 22.8. The fraction of sp³-hybridized carbons (Fsp3) is 0.843. The molecule has 2 bridgehead atoms. The van der Waals surface area contributed by atoms with Gasteiger partial charge in [-0.15, -0.1) is 0 Å². The van der Waals surface area contributed by atoms with Crippen LogP contribution in [0.25, 0.3) is 0 Å². The lowest BCUT2D eigenvalue weighted by atomic mass is 9.81. The van der Waals surface area contributed by atoms with E-state index in [1.807, 2.05) is 27.7 Å². The number of methoxy groups -OCH3 is 3. The van der Waals surface area contributed by atoms with E-state index < -0.39 is 80.2 Å². The number of carbonyl (C=O) groups is 4. The van der Waals surface area contributed by atoms with Crippen molar-refractivity contribution in [2.45, 2.75) is 206 Å². The predicted molar refractivity (Wildman–Crippen MR) is 255 cm³/mol. The Kier molecular flexibility index (Phi) is 20.9. The van der Waals surface area contributed by atoms with E-state index in [0.717, 1.165) is 17.6 Å². The maximum Gasteiger partial charge on any atom is 0.329 e. The van der Waals surface area contributed by atoms with Gasteiger partial charge in [-0.2, -0.15) is 0 Å². The Morgan fingerprint density at radius 1 is 0.909 bits per heavy atom. The molecule has 0 aromatic carbocycles. The molecular formula is C51H87NO13Si. The van der Waals surface area contributed by atoms with Crippen molar-refractivity contribution in [3.8, 4) is 0 Å². The maximum absolute atomic E-state index is 14.9. The van der Waals surface area contributed by atoms with E-state index in [0.29, 0.717) is 44.9 Å². The molecule has 66 heavy (non-hydrogen) atoms. The molecule has 1 aliphatic carbocycles. The summed E-state index contributed by atoms with van der Waals surface area (Å²) in [4.78, 5) is 59.8. The Morgan fingerprint density at radius 2 is 1.56 bits per heavy atom. The number of ether oxygens (including phenoxy) is 6. The van der Waals surface area contributed by atoms with Gasteiger partial charge < -0.3 is 48.0 Å². The molecule has 4 rings (SSSR count). The van der Waals surface area contributed by atoms with E-state index in [-0.39, 0.29) is 79.8 Å². The second-order valence-corrected chi connectivity index (χ2v) is 26.3. The Labute approximate surface area is 397 Å². The molecule has 3 heterocycles. The Balaban J connectivity index is 1.87. The summed E-state index contributed by atoms with van der Waals surface area (Å²) in [6, 6.07) is -1.11. The number of ketones is 2. The number of hydrogen-bond donors (Lipinski definition) is 2. The van der Waals surface area contributed by atoms with Gasteiger partial charge in [0.05, 0.1) is 43.7 Å². The molecule has 2 N–H and O–H groups in total. The Hall–Kier alpha value is -2.34. The summed E-state index contributed by atoms with van der Waals surface area (Å²) in [5.41, 5.74) is 1.83. The van der Waals surface area contributed by atoms with Gasteiger partial charge in [-0.3, -0.25) is 14.4 Å². The van der Waals surface area contributed by atoms with Crippen molar-refractivity contribution in [1.29, 1.82) is 0 Å². The van der Waals surface area contributed by atoms with Crippen LogP contribution in [-0.2, 0) is 52.0 Å². The van der Waals surface area contributed by atoms with Crippen molar-refractivity contribution in [2.75, 3.05) is 41.1 Å². The molecule has 15 heteroatoms. The summed E-state index contributed by atoms with van der Waals surface area (Å²) >= 11 is 0. The van der Waals surface area contributed by atoms with Gasteiger partial charge in [-0.25, -0.2) is 4.79 Å². The average molecular weight is 950 g/mol. The first kappa shape index (κ1) is 56.2. The van der Waals surface area contributed by atoms with E-state index in [1.54, 1.807) is 28.3 Å². The smallest absolute Gasteiger partial charge is 0.329 e. The van der Waals surface area contributed by atoms with Crippen molar-refractivity contribution >= 4 is 31.8 Å². The molecule has 14 atom stereocenters. The fourth-order valence-corrected chi connectivity index (χ4v) is 11.9. The van der Waals surface area contributed by atoms with Crippen molar-refractivity contribution in [3.63, 3.8) is 0 Å². The zero-order valence-electron chi connectivity index (χ0n) is 42.9. The number of aliphatic hydroxyl groups is 2. The summed E-state index contributed by atoms with van der Waals surface area (Å²) in [5.74, 6) is -6.88. The summed E-state index contributed by atoms with van der Waals surface area (Å²) < 4.78 is 43.9. The van der Waals surface area contributed by atoms with E-state index in [2.05, 4.69) is 52.9 Å².